The summed E-state index contributed by atoms with van der Waals surface area (Å²) < 4.78 is 2.83. The average molecular weight is 232 g/mol. The molecule has 0 spiro atoms. The molecule has 0 unspecified atom stereocenters. The highest BCUT2D eigenvalue weighted by atomic mass is 32.2. The van der Waals surface area contributed by atoms with E-state index in [1.165, 1.54) is 11.9 Å². The van der Waals surface area contributed by atoms with Crippen LogP contribution >= 0.6 is 11.9 Å². The van der Waals surface area contributed by atoms with E-state index in [0.717, 1.165) is 0 Å². The monoisotopic (exact) mass is 232 g/mol. The molecular formula is C10H20N2O2S. The van der Waals surface area contributed by atoms with Gasteiger partial charge in [-0.25, -0.2) is 0 Å². The van der Waals surface area contributed by atoms with Gasteiger partial charge in [0, 0.05) is 6.54 Å². The molecule has 0 fully saturated rings. The highest BCUT2D eigenvalue weighted by Gasteiger charge is 2.22. The topological polar surface area (TPSA) is 58.2 Å². The van der Waals surface area contributed by atoms with Crippen LogP contribution in [0.25, 0.3) is 0 Å². The Morgan fingerprint density at radius 3 is 2.27 bits per heavy atom. The van der Waals surface area contributed by atoms with Gasteiger partial charge in [0.2, 0.25) is 5.78 Å². The summed E-state index contributed by atoms with van der Waals surface area (Å²) in [6.07, 6.45) is 1.82. The van der Waals surface area contributed by atoms with E-state index in [2.05, 4.69) is 10.0 Å². The second-order valence-electron chi connectivity index (χ2n) is 4.65. The number of amides is 1. The zero-order valence-corrected chi connectivity index (χ0v) is 10.8. The first-order chi connectivity index (χ1) is 6.78. The zero-order chi connectivity index (χ0) is 12.1. The van der Waals surface area contributed by atoms with Crippen molar-refractivity contribution < 1.29 is 9.59 Å². The van der Waals surface area contributed by atoms with Crippen molar-refractivity contribution >= 4 is 23.6 Å². The summed E-state index contributed by atoms with van der Waals surface area (Å²) in [4.78, 5) is 22.9. The first-order valence-corrected chi connectivity index (χ1v) is 6.11. The first kappa shape index (κ1) is 14.5. The Hall–Kier alpha value is -0.550. The van der Waals surface area contributed by atoms with E-state index in [1.54, 1.807) is 6.92 Å². The van der Waals surface area contributed by atoms with Crippen LogP contribution in [0.3, 0.4) is 0 Å². The average Bonchev–Trinajstić information content (AvgIpc) is 2.12. The summed E-state index contributed by atoms with van der Waals surface area (Å²) >= 11 is 1.33. The first-order valence-electron chi connectivity index (χ1n) is 4.88. The normalized spacial score (nSPS) is 13.4. The van der Waals surface area contributed by atoms with E-state index < -0.39 is 17.7 Å². The van der Waals surface area contributed by atoms with Crippen LogP contribution in [0.15, 0.2) is 0 Å². The van der Waals surface area contributed by atoms with E-state index in [-0.39, 0.29) is 5.41 Å². The lowest BCUT2D eigenvalue weighted by Crippen LogP contribution is -2.43. The number of rotatable bonds is 5. The Labute approximate surface area is 95.7 Å². The molecule has 0 bridgehead atoms. The van der Waals surface area contributed by atoms with E-state index in [4.69, 9.17) is 0 Å². The molecule has 0 saturated heterocycles. The largest absolute Gasteiger partial charge is 0.349 e. The maximum absolute atomic E-state index is 11.5. The molecule has 0 saturated carbocycles. The number of carbonyl (C=O) groups is 2. The van der Waals surface area contributed by atoms with Gasteiger partial charge in [-0.2, -0.15) is 0 Å². The van der Waals surface area contributed by atoms with Crippen LogP contribution in [0.1, 0.15) is 27.7 Å². The Morgan fingerprint density at radius 1 is 1.33 bits per heavy atom. The van der Waals surface area contributed by atoms with Crippen molar-refractivity contribution in [3.8, 4) is 0 Å². The predicted molar refractivity (Wildman–Crippen MR) is 63.6 cm³/mol. The second-order valence-corrected chi connectivity index (χ2v) is 5.30. The van der Waals surface area contributed by atoms with Gasteiger partial charge in [0.25, 0.3) is 5.91 Å². The Kier molecular flexibility index (Phi) is 5.90. The van der Waals surface area contributed by atoms with Gasteiger partial charge in [0.1, 0.15) is 0 Å². The summed E-state index contributed by atoms with van der Waals surface area (Å²) in [6, 6.07) is -0.444. The van der Waals surface area contributed by atoms with Gasteiger partial charge in [0.15, 0.2) is 0 Å². The Bertz CT molecular complexity index is 236. The summed E-state index contributed by atoms with van der Waals surface area (Å²) in [7, 11) is 0. The fourth-order valence-corrected chi connectivity index (χ4v) is 1.32. The smallest absolute Gasteiger partial charge is 0.289 e. The molecule has 15 heavy (non-hydrogen) atoms. The van der Waals surface area contributed by atoms with E-state index in [1.807, 2.05) is 27.0 Å². The lowest BCUT2D eigenvalue weighted by atomic mass is 9.97. The van der Waals surface area contributed by atoms with Gasteiger partial charge in [-0.15, -0.1) is 0 Å². The third kappa shape index (κ3) is 6.52. The van der Waals surface area contributed by atoms with Gasteiger partial charge in [0.05, 0.1) is 6.04 Å². The Morgan fingerprint density at radius 2 is 1.87 bits per heavy atom. The van der Waals surface area contributed by atoms with Crippen LogP contribution in [0, 0.1) is 5.41 Å². The molecule has 88 valence electrons. The molecule has 0 radical (unpaired) electrons. The number of Topliss-reactive ketones (excluding diaryl/α,β-unsaturated/α-hetero) is 1. The minimum Gasteiger partial charge on any atom is -0.349 e. The van der Waals surface area contributed by atoms with Gasteiger partial charge < -0.3 is 5.32 Å². The molecule has 0 rings (SSSR count). The van der Waals surface area contributed by atoms with Crippen molar-refractivity contribution in [2.24, 2.45) is 5.41 Å². The number of hydrogen-bond donors (Lipinski definition) is 2. The summed E-state index contributed by atoms with van der Waals surface area (Å²) in [5.74, 6) is -0.937. The lowest BCUT2D eigenvalue weighted by Gasteiger charge is -2.19. The summed E-state index contributed by atoms with van der Waals surface area (Å²) in [5, 5.41) is 2.62. The van der Waals surface area contributed by atoms with Crippen molar-refractivity contribution in [2.45, 2.75) is 33.7 Å². The number of nitrogens with one attached hydrogen (secondary N) is 2. The third-order valence-corrected chi connectivity index (χ3v) is 2.28. The van der Waals surface area contributed by atoms with Crippen molar-refractivity contribution in [3.05, 3.63) is 0 Å². The molecule has 0 aromatic heterocycles. The fraction of sp³-hybridized carbons (Fsp3) is 0.800. The molecule has 0 heterocycles. The van der Waals surface area contributed by atoms with Crippen molar-refractivity contribution in [3.63, 3.8) is 0 Å². The highest BCUT2D eigenvalue weighted by molar-refractivity contribution is 7.96. The maximum Gasteiger partial charge on any atom is 0.289 e. The van der Waals surface area contributed by atoms with Gasteiger partial charge in [-0.3, -0.25) is 14.3 Å². The van der Waals surface area contributed by atoms with Crippen molar-refractivity contribution in [2.75, 3.05) is 12.8 Å². The van der Waals surface area contributed by atoms with Crippen LogP contribution in [0.2, 0.25) is 0 Å². The minimum atomic E-state index is -0.515. The molecule has 5 heteroatoms. The third-order valence-electron chi connectivity index (χ3n) is 1.69. The molecule has 0 aromatic carbocycles. The Balaban J connectivity index is 4.05. The highest BCUT2D eigenvalue weighted by Crippen LogP contribution is 2.10. The standard InChI is InChI=1S/C10H20N2O2S/c1-7(12-15-5)8(13)9(14)11-6-10(2,3)4/h7,12H,6H2,1-5H3,(H,11,14)/t7-/m0/s1. The van der Waals surface area contributed by atoms with Gasteiger partial charge in [-0.1, -0.05) is 32.7 Å². The summed E-state index contributed by atoms with van der Waals surface area (Å²) in [6.45, 7) is 8.18. The van der Waals surface area contributed by atoms with Gasteiger partial charge >= 0.3 is 0 Å². The fourth-order valence-electron chi connectivity index (χ4n) is 0.859. The molecule has 4 nitrogen and oxygen atoms in total. The molecule has 0 aromatic rings. The van der Waals surface area contributed by atoms with Gasteiger partial charge in [-0.05, 0) is 18.6 Å². The van der Waals surface area contributed by atoms with Crippen molar-refractivity contribution in [1.29, 1.82) is 0 Å². The number of carbonyl (C=O) groups excluding carboxylic acids is 2. The van der Waals surface area contributed by atoms with E-state index >= 15 is 0 Å². The molecule has 0 aliphatic carbocycles. The van der Waals surface area contributed by atoms with Crippen LogP contribution in [0.4, 0.5) is 0 Å². The molecular weight excluding hydrogens is 212 g/mol. The molecule has 0 aliphatic rings. The lowest BCUT2D eigenvalue weighted by molar-refractivity contribution is -0.138. The minimum absolute atomic E-state index is 0.00782. The number of ketones is 1. The van der Waals surface area contributed by atoms with Crippen molar-refractivity contribution in [1.82, 2.24) is 10.0 Å². The second kappa shape index (κ2) is 6.12. The van der Waals surface area contributed by atoms with Crippen LogP contribution in [-0.2, 0) is 9.59 Å². The van der Waals surface area contributed by atoms with Crippen LogP contribution in [-0.4, -0.2) is 30.5 Å². The molecule has 2 N–H and O–H groups in total. The summed E-state index contributed by atoms with van der Waals surface area (Å²) in [5.41, 5.74) is -0.00782. The molecule has 0 aliphatic heterocycles. The van der Waals surface area contributed by atoms with Crippen LogP contribution < -0.4 is 10.0 Å². The quantitative estimate of drug-likeness (QED) is 0.548. The predicted octanol–water partition coefficient (Wildman–Crippen LogP) is 0.974. The SMILES string of the molecule is CSN[C@@H](C)C(=O)C(=O)NCC(C)(C)C. The van der Waals surface area contributed by atoms with Crippen LogP contribution in [0.5, 0.6) is 0 Å². The molecule has 1 atom stereocenters. The molecule has 1 amide bonds. The van der Waals surface area contributed by atoms with E-state index in [0.29, 0.717) is 6.54 Å². The zero-order valence-electron chi connectivity index (χ0n) is 10.0. The maximum atomic E-state index is 11.5. The van der Waals surface area contributed by atoms with E-state index in [9.17, 15) is 9.59 Å². The number of hydrogen-bond acceptors (Lipinski definition) is 4.